The number of nitrogens with zero attached hydrogens (tertiary/aromatic N) is 1. The van der Waals surface area contributed by atoms with Crippen LogP contribution in [-0.2, 0) is 6.61 Å². The van der Waals surface area contributed by atoms with Gasteiger partial charge in [0.1, 0.15) is 12.4 Å². The van der Waals surface area contributed by atoms with Crippen molar-refractivity contribution < 1.29 is 4.74 Å². The summed E-state index contributed by atoms with van der Waals surface area (Å²) in [5.74, 6) is 1.81. The van der Waals surface area contributed by atoms with Crippen LogP contribution in [0.2, 0.25) is 5.02 Å². The number of rotatable bonds is 6. The summed E-state index contributed by atoms with van der Waals surface area (Å²) < 4.78 is 6.84. The number of halogens is 2. The van der Waals surface area contributed by atoms with E-state index in [1.807, 2.05) is 48.7 Å². The Balaban J connectivity index is 1.12. The van der Waals surface area contributed by atoms with Crippen molar-refractivity contribution in [2.45, 2.75) is 25.0 Å². The molecule has 5 heteroatoms. The van der Waals surface area contributed by atoms with Crippen LogP contribution in [0.4, 0.5) is 11.4 Å². The van der Waals surface area contributed by atoms with Gasteiger partial charge in [0.15, 0.2) is 0 Å². The first-order chi connectivity index (χ1) is 18.1. The molecule has 6 rings (SSSR count). The maximum atomic E-state index is 6.07. The maximum Gasteiger partial charge on any atom is 0.134 e. The lowest BCUT2D eigenvalue weighted by Gasteiger charge is -2.37. The summed E-state index contributed by atoms with van der Waals surface area (Å²) in [4.78, 5) is 4.71. The first kappa shape index (κ1) is 24.0. The predicted molar refractivity (Wildman–Crippen MR) is 156 cm³/mol. The Hall–Kier alpha value is -3.34. The summed E-state index contributed by atoms with van der Waals surface area (Å²) in [6, 6.07) is 31.3. The molecule has 0 bridgehead atoms. The molecule has 0 aromatic heterocycles. The summed E-state index contributed by atoms with van der Waals surface area (Å²) in [5.41, 5.74) is 6.91. The average Bonchev–Trinajstić information content (AvgIpc) is 3.42. The van der Waals surface area contributed by atoms with E-state index in [-0.39, 0.29) is 0 Å². The van der Waals surface area contributed by atoms with Crippen molar-refractivity contribution in [2.24, 2.45) is 10.9 Å². The monoisotopic (exact) mass is 568 g/mol. The van der Waals surface area contributed by atoms with E-state index in [9.17, 15) is 0 Å². The van der Waals surface area contributed by atoms with Gasteiger partial charge in [-0.25, -0.2) is 0 Å². The van der Waals surface area contributed by atoms with E-state index in [4.69, 9.17) is 21.3 Å². The molecule has 1 aliphatic carbocycles. The van der Waals surface area contributed by atoms with Gasteiger partial charge in [-0.2, -0.15) is 0 Å². The highest BCUT2D eigenvalue weighted by Crippen LogP contribution is 2.49. The zero-order valence-corrected chi connectivity index (χ0v) is 22.5. The lowest BCUT2D eigenvalue weighted by molar-refractivity contribution is 0.304. The molecule has 0 fully saturated rings. The highest BCUT2D eigenvalue weighted by molar-refractivity contribution is 9.10. The zero-order chi connectivity index (χ0) is 25.2. The number of allylic oxidation sites excluding steroid dienone is 2. The van der Waals surface area contributed by atoms with Crippen molar-refractivity contribution in [3.05, 3.63) is 135 Å². The van der Waals surface area contributed by atoms with Gasteiger partial charge in [-0.3, -0.25) is 4.99 Å². The van der Waals surface area contributed by atoms with Crippen LogP contribution in [-0.4, -0.2) is 6.21 Å². The van der Waals surface area contributed by atoms with E-state index in [0.717, 1.165) is 33.5 Å². The molecule has 1 heterocycles. The fourth-order valence-corrected chi connectivity index (χ4v) is 6.02. The number of fused-ring (bicyclic) bond motifs is 3. The Morgan fingerprint density at radius 3 is 2.68 bits per heavy atom. The number of benzene rings is 4. The molecule has 0 radical (unpaired) electrons. The fraction of sp³-hybridized carbons (Fsp3) is 0.156. The van der Waals surface area contributed by atoms with E-state index < -0.39 is 0 Å². The van der Waals surface area contributed by atoms with E-state index in [0.29, 0.717) is 29.5 Å². The Bertz CT molecular complexity index is 1480. The molecule has 37 heavy (non-hydrogen) atoms. The van der Waals surface area contributed by atoms with Gasteiger partial charge < -0.3 is 10.1 Å². The lowest BCUT2D eigenvalue weighted by Crippen LogP contribution is -2.28. The molecule has 2 aliphatic rings. The van der Waals surface area contributed by atoms with E-state index in [2.05, 4.69) is 81.9 Å². The van der Waals surface area contributed by atoms with Gasteiger partial charge in [0.25, 0.3) is 0 Å². The summed E-state index contributed by atoms with van der Waals surface area (Å²) in [6.45, 7) is 0.456. The zero-order valence-electron chi connectivity index (χ0n) is 20.1. The second kappa shape index (κ2) is 10.6. The summed E-state index contributed by atoms with van der Waals surface area (Å²) in [5, 5.41) is 4.50. The van der Waals surface area contributed by atoms with Crippen molar-refractivity contribution in [1.82, 2.24) is 0 Å². The van der Waals surface area contributed by atoms with Crippen LogP contribution >= 0.6 is 27.5 Å². The van der Waals surface area contributed by atoms with Crippen LogP contribution in [0.25, 0.3) is 0 Å². The molecular formula is C32H26BrClN2O. The summed E-state index contributed by atoms with van der Waals surface area (Å²) in [6.07, 6.45) is 7.69. The third-order valence-corrected chi connectivity index (χ3v) is 7.98. The van der Waals surface area contributed by atoms with Crippen LogP contribution < -0.4 is 10.1 Å². The normalized spacial score (nSPS) is 19.9. The number of hydrogen-bond acceptors (Lipinski definition) is 3. The number of para-hydroxylation sites is 1. The number of aliphatic imine (C=N–C) groups is 1. The molecular weight excluding hydrogens is 544 g/mol. The number of ether oxygens (including phenoxy) is 1. The first-order valence-corrected chi connectivity index (χ1v) is 13.6. The Morgan fingerprint density at radius 2 is 1.84 bits per heavy atom. The molecule has 3 atom stereocenters. The van der Waals surface area contributed by atoms with Gasteiger partial charge in [0.2, 0.25) is 0 Å². The molecule has 1 aliphatic heterocycles. The molecule has 184 valence electrons. The Labute approximate surface area is 231 Å². The molecule has 1 N–H and O–H groups in total. The van der Waals surface area contributed by atoms with Crippen LogP contribution in [0.3, 0.4) is 0 Å². The Morgan fingerprint density at radius 1 is 0.973 bits per heavy atom. The van der Waals surface area contributed by atoms with Gasteiger partial charge in [0.05, 0.1) is 16.2 Å². The molecule has 4 aromatic carbocycles. The minimum atomic E-state index is 0.295. The van der Waals surface area contributed by atoms with E-state index >= 15 is 0 Å². The third kappa shape index (κ3) is 5.22. The molecule has 0 saturated carbocycles. The summed E-state index contributed by atoms with van der Waals surface area (Å²) in [7, 11) is 0. The minimum Gasteiger partial charge on any atom is -0.488 e. The van der Waals surface area contributed by atoms with Crippen molar-refractivity contribution in [3.8, 4) is 5.75 Å². The number of hydrogen-bond donors (Lipinski definition) is 1. The third-order valence-electron chi connectivity index (χ3n) is 7.13. The predicted octanol–water partition coefficient (Wildman–Crippen LogP) is 9.26. The topological polar surface area (TPSA) is 33.6 Å². The smallest absolute Gasteiger partial charge is 0.134 e. The molecule has 0 spiro atoms. The highest BCUT2D eigenvalue weighted by atomic mass is 79.9. The Kier molecular flexibility index (Phi) is 6.86. The number of nitrogens with one attached hydrogen (secondary N) is 1. The quantitative estimate of drug-likeness (QED) is 0.185. The van der Waals surface area contributed by atoms with Gasteiger partial charge in [0, 0.05) is 22.8 Å². The largest absolute Gasteiger partial charge is 0.488 e. The molecule has 4 aromatic rings. The van der Waals surface area contributed by atoms with E-state index in [1.165, 1.54) is 16.8 Å². The molecule has 3 nitrogen and oxygen atoms in total. The fourth-order valence-electron chi connectivity index (χ4n) is 5.29. The molecule has 0 amide bonds. The van der Waals surface area contributed by atoms with Crippen LogP contribution in [0.5, 0.6) is 5.75 Å². The van der Waals surface area contributed by atoms with Crippen LogP contribution in [0.15, 0.2) is 113 Å². The van der Waals surface area contributed by atoms with Gasteiger partial charge in [-0.05, 0) is 99.1 Å². The van der Waals surface area contributed by atoms with Crippen LogP contribution in [0.1, 0.15) is 40.6 Å². The second-order valence-corrected chi connectivity index (χ2v) is 10.8. The SMILES string of the molecule is Clc1cccc(COc2ccc(C=Nc3ccc([C@@H]4Nc5ccccc5[C@@H]5C=CC[C@@H]54)cc3)cc2Br)c1. The number of anilines is 1. The molecule has 0 unspecified atom stereocenters. The highest BCUT2D eigenvalue weighted by Gasteiger charge is 2.37. The maximum absolute atomic E-state index is 6.07. The van der Waals surface area contributed by atoms with Crippen LogP contribution in [0, 0.1) is 5.92 Å². The van der Waals surface area contributed by atoms with Crippen molar-refractivity contribution in [2.75, 3.05) is 5.32 Å². The van der Waals surface area contributed by atoms with Gasteiger partial charge >= 0.3 is 0 Å². The van der Waals surface area contributed by atoms with Crippen molar-refractivity contribution >= 4 is 45.1 Å². The second-order valence-electron chi connectivity index (χ2n) is 9.52. The first-order valence-electron chi connectivity index (χ1n) is 12.5. The average molecular weight is 570 g/mol. The van der Waals surface area contributed by atoms with Gasteiger partial charge in [-0.15, -0.1) is 0 Å². The summed E-state index contributed by atoms with van der Waals surface area (Å²) >= 11 is 9.69. The lowest BCUT2D eigenvalue weighted by atomic mass is 9.77. The van der Waals surface area contributed by atoms with E-state index in [1.54, 1.807) is 0 Å². The standard InChI is InChI=1S/C32H26BrClN2O/c33-29-18-21(11-16-31(29)37-20-22-5-3-6-24(34)17-22)19-35-25-14-12-23(13-15-25)32-28-9-4-8-26(28)27-7-1-2-10-30(27)36-32/h1-8,10-19,26,28,32,36H,9,20H2/t26-,28-,32-/m0/s1. The molecule has 0 saturated heterocycles. The van der Waals surface area contributed by atoms with Crippen molar-refractivity contribution in [1.29, 1.82) is 0 Å². The minimum absolute atomic E-state index is 0.295. The van der Waals surface area contributed by atoms with Crippen molar-refractivity contribution in [3.63, 3.8) is 0 Å². The van der Waals surface area contributed by atoms with Gasteiger partial charge in [-0.1, -0.05) is 66.2 Å².